The Morgan fingerprint density at radius 2 is 1.71 bits per heavy atom. The molecule has 0 aliphatic carbocycles. The first-order valence-corrected chi connectivity index (χ1v) is 11.1. The molecule has 1 N–H and O–H groups in total. The number of carbonyl (C=O) groups excluding carboxylic acids is 2. The Labute approximate surface area is 185 Å². The lowest BCUT2D eigenvalue weighted by molar-refractivity contribution is -0.130. The third-order valence-corrected chi connectivity index (χ3v) is 5.83. The largest absolute Gasteiger partial charge is 0.494 e. The molecule has 6 nitrogen and oxygen atoms in total. The summed E-state index contributed by atoms with van der Waals surface area (Å²) < 4.78 is 5.62. The number of ether oxygens (including phenoxy) is 1. The van der Waals surface area contributed by atoms with Crippen molar-refractivity contribution >= 4 is 17.5 Å². The van der Waals surface area contributed by atoms with Crippen molar-refractivity contribution in [3.63, 3.8) is 0 Å². The molecule has 0 unspecified atom stereocenters. The van der Waals surface area contributed by atoms with Gasteiger partial charge >= 0.3 is 0 Å². The highest BCUT2D eigenvalue weighted by Crippen LogP contribution is 2.23. The fraction of sp³-hybridized carbons (Fsp3) is 0.440. The highest BCUT2D eigenvalue weighted by Gasteiger charge is 2.22. The third kappa shape index (κ3) is 6.00. The summed E-state index contributed by atoms with van der Waals surface area (Å²) in [4.78, 5) is 29.1. The number of unbranched alkanes of at least 4 members (excludes halogenated alkanes) is 1. The number of benzene rings is 2. The predicted octanol–water partition coefficient (Wildman–Crippen LogP) is 3.56. The topological polar surface area (TPSA) is 61.9 Å². The van der Waals surface area contributed by atoms with Gasteiger partial charge in [0.25, 0.3) is 5.91 Å². The highest BCUT2D eigenvalue weighted by molar-refractivity contribution is 5.96. The number of rotatable bonds is 8. The van der Waals surface area contributed by atoms with E-state index in [2.05, 4.69) is 49.2 Å². The number of piperazine rings is 1. The van der Waals surface area contributed by atoms with Crippen molar-refractivity contribution in [3.8, 4) is 5.75 Å². The fourth-order valence-corrected chi connectivity index (χ4v) is 3.68. The predicted molar refractivity (Wildman–Crippen MR) is 124 cm³/mol. The van der Waals surface area contributed by atoms with Gasteiger partial charge in [-0.05, 0) is 61.7 Å². The molecular weight excluding hydrogens is 390 g/mol. The second-order valence-corrected chi connectivity index (χ2v) is 8.00. The van der Waals surface area contributed by atoms with Crippen molar-refractivity contribution in [3.05, 3.63) is 59.2 Å². The minimum atomic E-state index is -0.248. The van der Waals surface area contributed by atoms with Crippen LogP contribution in [0.4, 0.5) is 5.69 Å². The molecule has 0 bridgehead atoms. The first-order valence-electron chi connectivity index (χ1n) is 11.1. The van der Waals surface area contributed by atoms with Crippen molar-refractivity contribution in [2.45, 2.75) is 33.6 Å². The standard InChI is InChI=1S/C25H33N3O3/c1-4-5-17-31-22-11-9-21(10-12-22)25(30)26-18-24(29)28-15-13-27(14-16-28)23-8-6-7-19(2)20(23)3/h6-12H,4-5,13-18H2,1-3H3,(H,26,30). The second-order valence-electron chi connectivity index (χ2n) is 8.00. The quantitative estimate of drug-likeness (QED) is 0.660. The molecule has 3 rings (SSSR count). The van der Waals surface area contributed by atoms with Gasteiger partial charge in [0.2, 0.25) is 5.91 Å². The lowest BCUT2D eigenvalue weighted by Gasteiger charge is -2.37. The molecule has 0 spiro atoms. The van der Waals surface area contributed by atoms with E-state index < -0.39 is 0 Å². The average molecular weight is 424 g/mol. The maximum absolute atomic E-state index is 12.6. The lowest BCUT2D eigenvalue weighted by Crippen LogP contribution is -2.51. The van der Waals surface area contributed by atoms with Gasteiger partial charge in [-0.25, -0.2) is 0 Å². The molecule has 6 heteroatoms. The number of hydrogen-bond donors (Lipinski definition) is 1. The molecule has 1 fully saturated rings. The normalized spacial score (nSPS) is 13.8. The van der Waals surface area contributed by atoms with Gasteiger partial charge < -0.3 is 19.9 Å². The van der Waals surface area contributed by atoms with Gasteiger partial charge in [0.15, 0.2) is 0 Å². The van der Waals surface area contributed by atoms with E-state index in [1.165, 1.54) is 16.8 Å². The Morgan fingerprint density at radius 3 is 2.39 bits per heavy atom. The zero-order chi connectivity index (χ0) is 22.2. The number of nitrogens with zero attached hydrogens (tertiary/aromatic N) is 2. The smallest absolute Gasteiger partial charge is 0.251 e. The highest BCUT2D eigenvalue weighted by atomic mass is 16.5. The summed E-state index contributed by atoms with van der Waals surface area (Å²) >= 11 is 0. The van der Waals surface area contributed by atoms with Crippen molar-refractivity contribution < 1.29 is 14.3 Å². The van der Waals surface area contributed by atoms with Crippen LogP contribution in [0.5, 0.6) is 5.75 Å². The van der Waals surface area contributed by atoms with E-state index in [1.54, 1.807) is 24.3 Å². The van der Waals surface area contributed by atoms with Crippen molar-refractivity contribution in [1.82, 2.24) is 10.2 Å². The van der Waals surface area contributed by atoms with Gasteiger partial charge in [0.1, 0.15) is 5.75 Å². The minimum absolute atomic E-state index is 0.0110. The molecule has 0 atom stereocenters. The van der Waals surface area contributed by atoms with Gasteiger partial charge in [-0.2, -0.15) is 0 Å². The Kier molecular flexibility index (Phi) is 7.93. The maximum atomic E-state index is 12.6. The summed E-state index contributed by atoms with van der Waals surface area (Å²) in [6, 6.07) is 13.4. The van der Waals surface area contributed by atoms with E-state index in [9.17, 15) is 9.59 Å². The summed E-state index contributed by atoms with van der Waals surface area (Å²) in [7, 11) is 0. The lowest BCUT2D eigenvalue weighted by atomic mass is 10.1. The SMILES string of the molecule is CCCCOc1ccc(C(=O)NCC(=O)N2CCN(c3cccc(C)c3C)CC2)cc1. The van der Waals surface area contributed by atoms with Gasteiger partial charge in [0.05, 0.1) is 13.2 Å². The molecule has 1 saturated heterocycles. The average Bonchev–Trinajstić information content (AvgIpc) is 2.80. The van der Waals surface area contributed by atoms with E-state index in [1.807, 2.05) is 4.90 Å². The van der Waals surface area contributed by atoms with Gasteiger partial charge in [0, 0.05) is 37.4 Å². The number of carbonyl (C=O) groups is 2. The first kappa shape index (κ1) is 22.7. The van der Waals surface area contributed by atoms with Gasteiger partial charge in [-0.1, -0.05) is 25.5 Å². The van der Waals surface area contributed by atoms with E-state index in [4.69, 9.17) is 4.74 Å². The maximum Gasteiger partial charge on any atom is 0.251 e. The molecule has 0 aromatic heterocycles. The molecule has 2 aromatic rings. The van der Waals surface area contributed by atoms with Crippen LogP contribution in [0.25, 0.3) is 0 Å². The molecule has 0 saturated carbocycles. The van der Waals surface area contributed by atoms with E-state index in [0.29, 0.717) is 25.3 Å². The molecular formula is C25H33N3O3. The van der Waals surface area contributed by atoms with E-state index in [-0.39, 0.29) is 18.4 Å². The third-order valence-electron chi connectivity index (χ3n) is 5.83. The summed E-state index contributed by atoms with van der Waals surface area (Å²) in [5.74, 6) is 0.457. The summed E-state index contributed by atoms with van der Waals surface area (Å²) in [6.45, 7) is 9.97. The number of hydrogen-bond acceptors (Lipinski definition) is 4. The molecule has 2 amide bonds. The molecule has 1 aliphatic heterocycles. The van der Waals surface area contributed by atoms with Crippen LogP contribution in [0.3, 0.4) is 0 Å². The van der Waals surface area contributed by atoms with Crippen LogP contribution in [0, 0.1) is 13.8 Å². The number of aryl methyl sites for hydroxylation is 1. The van der Waals surface area contributed by atoms with Crippen LogP contribution in [0.15, 0.2) is 42.5 Å². The Morgan fingerprint density at radius 1 is 1.00 bits per heavy atom. The van der Waals surface area contributed by atoms with Crippen molar-refractivity contribution in [2.24, 2.45) is 0 Å². The van der Waals surface area contributed by atoms with Crippen LogP contribution in [-0.2, 0) is 4.79 Å². The first-order chi connectivity index (χ1) is 15.0. The van der Waals surface area contributed by atoms with Crippen molar-refractivity contribution in [1.29, 1.82) is 0 Å². The van der Waals surface area contributed by atoms with E-state index in [0.717, 1.165) is 31.7 Å². The summed E-state index contributed by atoms with van der Waals surface area (Å²) in [5.41, 5.74) is 4.33. The zero-order valence-electron chi connectivity index (χ0n) is 18.8. The fourth-order valence-electron chi connectivity index (χ4n) is 3.68. The van der Waals surface area contributed by atoms with Crippen LogP contribution >= 0.6 is 0 Å². The monoisotopic (exact) mass is 423 g/mol. The Balaban J connectivity index is 1.45. The Hall–Kier alpha value is -3.02. The summed E-state index contributed by atoms with van der Waals surface area (Å²) in [5, 5.41) is 2.74. The molecule has 0 radical (unpaired) electrons. The number of anilines is 1. The van der Waals surface area contributed by atoms with Crippen LogP contribution in [-0.4, -0.2) is 56.0 Å². The van der Waals surface area contributed by atoms with Gasteiger partial charge in [-0.15, -0.1) is 0 Å². The molecule has 1 aliphatic rings. The molecule has 166 valence electrons. The summed E-state index contributed by atoms with van der Waals surface area (Å²) in [6.07, 6.45) is 2.08. The molecule has 2 aromatic carbocycles. The second kappa shape index (κ2) is 10.8. The minimum Gasteiger partial charge on any atom is -0.494 e. The zero-order valence-corrected chi connectivity index (χ0v) is 18.8. The molecule has 1 heterocycles. The van der Waals surface area contributed by atoms with Crippen LogP contribution < -0.4 is 15.0 Å². The van der Waals surface area contributed by atoms with Crippen LogP contribution in [0.1, 0.15) is 41.3 Å². The molecule has 31 heavy (non-hydrogen) atoms. The van der Waals surface area contributed by atoms with Crippen LogP contribution in [0.2, 0.25) is 0 Å². The van der Waals surface area contributed by atoms with Gasteiger partial charge in [-0.3, -0.25) is 9.59 Å². The number of nitrogens with one attached hydrogen (secondary N) is 1. The Bertz CT molecular complexity index is 887. The number of amides is 2. The van der Waals surface area contributed by atoms with E-state index >= 15 is 0 Å². The van der Waals surface area contributed by atoms with Crippen molar-refractivity contribution in [2.75, 3.05) is 44.2 Å².